The van der Waals surface area contributed by atoms with Crippen LogP contribution in [0.4, 0.5) is 0 Å². The Kier molecular flexibility index (Phi) is 5.79. The Morgan fingerprint density at radius 1 is 1.19 bits per heavy atom. The van der Waals surface area contributed by atoms with E-state index in [-0.39, 0.29) is 11.7 Å². The smallest absolute Gasteiger partial charge is 0.143 e. The van der Waals surface area contributed by atoms with E-state index < -0.39 is 11.5 Å². The molecule has 2 aliphatic carbocycles. The third-order valence-electron chi connectivity index (χ3n) is 8.45. The van der Waals surface area contributed by atoms with Crippen LogP contribution in [-0.2, 0) is 10.4 Å². The zero-order valence-electron chi connectivity index (χ0n) is 21.9. The fourth-order valence-electron chi connectivity index (χ4n) is 6.59. The molecular formula is C30H34N4O3. The zero-order valence-corrected chi connectivity index (χ0v) is 21.9. The first kappa shape index (κ1) is 24.0. The van der Waals surface area contributed by atoms with Crippen LogP contribution in [0.15, 0.2) is 41.1 Å². The van der Waals surface area contributed by atoms with Crippen LogP contribution < -0.4 is 0 Å². The minimum Gasteiger partial charge on any atom is -0.378 e. The molecule has 2 fully saturated rings. The maximum absolute atomic E-state index is 13.5. The molecule has 7 heteroatoms. The average Bonchev–Trinajstić information content (AvgIpc) is 3.36. The van der Waals surface area contributed by atoms with E-state index in [9.17, 15) is 9.90 Å². The highest BCUT2D eigenvalue weighted by Crippen LogP contribution is 2.50. The molecule has 2 aliphatic rings. The molecule has 37 heavy (non-hydrogen) atoms. The van der Waals surface area contributed by atoms with E-state index in [4.69, 9.17) is 9.51 Å². The highest BCUT2D eigenvalue weighted by molar-refractivity contribution is 5.89. The summed E-state index contributed by atoms with van der Waals surface area (Å²) in [5, 5.41) is 17.1. The van der Waals surface area contributed by atoms with Gasteiger partial charge in [0.2, 0.25) is 0 Å². The molecule has 192 valence electrons. The molecule has 0 amide bonds. The lowest BCUT2D eigenvalue weighted by atomic mass is 9.69. The van der Waals surface area contributed by atoms with Crippen LogP contribution in [0.1, 0.15) is 80.4 Å². The lowest BCUT2D eigenvalue weighted by Gasteiger charge is -2.38. The van der Waals surface area contributed by atoms with Gasteiger partial charge < -0.3 is 14.6 Å². The first-order valence-corrected chi connectivity index (χ1v) is 13.4. The van der Waals surface area contributed by atoms with Crippen LogP contribution in [-0.4, -0.2) is 31.0 Å². The van der Waals surface area contributed by atoms with Crippen LogP contribution in [0.2, 0.25) is 0 Å². The van der Waals surface area contributed by atoms with Crippen molar-refractivity contribution in [2.75, 3.05) is 0 Å². The van der Waals surface area contributed by atoms with Crippen LogP contribution in [0.5, 0.6) is 0 Å². The van der Waals surface area contributed by atoms with Crippen LogP contribution in [0.3, 0.4) is 0 Å². The number of ketones is 1. The third-order valence-corrected chi connectivity index (χ3v) is 8.45. The number of pyridine rings is 1. The second kappa shape index (κ2) is 8.91. The lowest BCUT2D eigenvalue weighted by Crippen LogP contribution is -2.44. The number of H-pyrrole nitrogens is 1. The number of imidazole rings is 1. The summed E-state index contributed by atoms with van der Waals surface area (Å²) >= 11 is 0. The quantitative estimate of drug-likeness (QED) is 0.325. The minimum absolute atomic E-state index is 0.0268. The number of nitrogens with one attached hydrogen (secondary N) is 1. The van der Waals surface area contributed by atoms with E-state index in [2.05, 4.69) is 28.1 Å². The first-order valence-electron chi connectivity index (χ1n) is 13.4. The number of aromatic nitrogens is 4. The molecule has 2 N–H and O–H groups in total. The second-order valence-electron chi connectivity index (χ2n) is 11.3. The van der Waals surface area contributed by atoms with E-state index in [0.29, 0.717) is 34.4 Å². The number of hydrogen-bond donors (Lipinski definition) is 2. The number of aryl methyl sites for hydroxylation is 2. The molecule has 6 rings (SSSR count). The molecule has 3 aromatic heterocycles. The summed E-state index contributed by atoms with van der Waals surface area (Å²) < 4.78 is 5.50. The Morgan fingerprint density at radius 2 is 2.00 bits per heavy atom. The number of carbonyl (C=O) groups is 1. The van der Waals surface area contributed by atoms with Gasteiger partial charge in [0.15, 0.2) is 0 Å². The van der Waals surface area contributed by atoms with Gasteiger partial charge in [0.05, 0.1) is 28.3 Å². The molecule has 0 saturated heterocycles. The van der Waals surface area contributed by atoms with Gasteiger partial charge in [-0.25, -0.2) is 4.98 Å². The van der Waals surface area contributed by atoms with Crippen molar-refractivity contribution in [1.82, 2.24) is 20.1 Å². The number of hydrogen-bond acceptors (Lipinski definition) is 6. The molecule has 0 spiro atoms. The van der Waals surface area contributed by atoms with Gasteiger partial charge in [-0.15, -0.1) is 0 Å². The summed E-state index contributed by atoms with van der Waals surface area (Å²) in [6.07, 6.45) is 6.75. The average molecular weight is 499 g/mol. The topological polar surface area (TPSA) is 105 Å². The molecule has 0 radical (unpaired) electrons. The van der Waals surface area contributed by atoms with E-state index >= 15 is 0 Å². The van der Waals surface area contributed by atoms with E-state index in [1.807, 2.05) is 38.1 Å². The van der Waals surface area contributed by atoms with Crippen LogP contribution in [0.25, 0.3) is 22.2 Å². The number of aromatic amines is 1. The molecule has 4 unspecified atom stereocenters. The number of nitrogens with zero attached hydrogens (tertiary/aromatic N) is 3. The van der Waals surface area contributed by atoms with Crippen molar-refractivity contribution in [3.8, 4) is 11.1 Å². The minimum atomic E-state index is -1.65. The Hall–Kier alpha value is -3.32. The summed E-state index contributed by atoms with van der Waals surface area (Å²) in [6, 6.07) is 9.58. The number of aliphatic hydroxyl groups is 1. The fourth-order valence-corrected chi connectivity index (χ4v) is 6.59. The molecule has 3 heterocycles. The Morgan fingerprint density at radius 3 is 2.59 bits per heavy atom. The van der Waals surface area contributed by atoms with Gasteiger partial charge in [0.25, 0.3) is 0 Å². The van der Waals surface area contributed by atoms with Gasteiger partial charge in [0, 0.05) is 23.2 Å². The molecule has 0 bridgehead atoms. The molecule has 4 aromatic rings. The molecule has 1 aromatic carbocycles. The fraction of sp³-hybridized carbons (Fsp3) is 0.467. The molecule has 7 nitrogen and oxygen atoms in total. The van der Waals surface area contributed by atoms with Gasteiger partial charge in [-0.2, -0.15) is 0 Å². The van der Waals surface area contributed by atoms with Crippen molar-refractivity contribution in [1.29, 1.82) is 0 Å². The number of benzene rings is 1. The van der Waals surface area contributed by atoms with Gasteiger partial charge in [-0.1, -0.05) is 24.6 Å². The highest BCUT2D eigenvalue weighted by Gasteiger charge is 2.50. The van der Waals surface area contributed by atoms with Gasteiger partial charge in [-0.3, -0.25) is 9.78 Å². The summed E-state index contributed by atoms with van der Waals surface area (Å²) in [6.45, 7) is 7.65. The van der Waals surface area contributed by atoms with Crippen LogP contribution in [0, 0.1) is 31.6 Å². The highest BCUT2D eigenvalue weighted by atomic mass is 16.5. The largest absolute Gasteiger partial charge is 0.378 e. The van der Waals surface area contributed by atoms with Crippen LogP contribution >= 0.6 is 0 Å². The van der Waals surface area contributed by atoms with Crippen molar-refractivity contribution >= 4 is 16.8 Å². The molecule has 0 aliphatic heterocycles. The Balaban J connectivity index is 1.66. The summed E-state index contributed by atoms with van der Waals surface area (Å²) in [7, 11) is 0. The Labute approximate surface area is 216 Å². The predicted octanol–water partition coefficient (Wildman–Crippen LogP) is 5.98. The lowest BCUT2D eigenvalue weighted by molar-refractivity contribution is -0.132. The summed E-state index contributed by atoms with van der Waals surface area (Å²) in [5.74, 6) is 1.95. The van der Waals surface area contributed by atoms with E-state index in [1.54, 1.807) is 13.1 Å². The van der Waals surface area contributed by atoms with Gasteiger partial charge in [-0.05, 0) is 88.1 Å². The van der Waals surface area contributed by atoms with E-state index in [1.165, 1.54) is 0 Å². The molecule has 4 atom stereocenters. The van der Waals surface area contributed by atoms with Crippen molar-refractivity contribution in [3.63, 3.8) is 0 Å². The van der Waals surface area contributed by atoms with Gasteiger partial charge >= 0.3 is 0 Å². The molecular weight excluding hydrogens is 464 g/mol. The maximum Gasteiger partial charge on any atom is 0.143 e. The summed E-state index contributed by atoms with van der Waals surface area (Å²) in [4.78, 5) is 26.7. The monoisotopic (exact) mass is 498 g/mol. The van der Waals surface area contributed by atoms with Crippen molar-refractivity contribution in [2.45, 2.75) is 71.3 Å². The zero-order chi connectivity index (χ0) is 25.9. The van der Waals surface area contributed by atoms with E-state index in [0.717, 1.165) is 60.3 Å². The number of Topliss-reactive ketones (excluding diaryl/α,β-unsaturated/α-hetero) is 1. The standard InChI is InChI=1S/C30H34N4O3/c1-16-8-9-21(13-16)27(18(3)35)30(36,25-7-5-6-12-31-25)23-14-22(26-17(2)34-37-19(26)4)15-24-28(23)33-29(32-24)20-10-11-20/h5-7,12,14-16,20-21,27,36H,8-11,13H2,1-4H3,(H,32,33). The SMILES string of the molecule is CC(=O)C(C1CCC(C)C1)C(O)(c1ccccn1)c1cc(-c2c(C)noc2C)cc2[nH]c(C3CC3)nc12. The van der Waals surface area contributed by atoms with Gasteiger partial charge in [0.1, 0.15) is 23.0 Å². The van der Waals surface area contributed by atoms with Crippen molar-refractivity contribution in [2.24, 2.45) is 17.8 Å². The predicted molar refractivity (Wildman–Crippen MR) is 141 cm³/mol. The third kappa shape index (κ3) is 4.00. The molecule has 2 saturated carbocycles. The number of fused-ring (bicyclic) bond motifs is 1. The summed E-state index contributed by atoms with van der Waals surface area (Å²) in [5.41, 5.74) is 3.52. The first-order chi connectivity index (χ1) is 17.8. The number of carbonyl (C=O) groups excluding carboxylic acids is 1. The van der Waals surface area contributed by atoms with Crippen molar-refractivity contribution in [3.05, 3.63) is 65.1 Å². The normalized spacial score (nSPS) is 22.3. The number of rotatable bonds is 7. The Bertz CT molecular complexity index is 1450. The maximum atomic E-state index is 13.5. The second-order valence-corrected chi connectivity index (χ2v) is 11.3. The van der Waals surface area contributed by atoms with Crippen molar-refractivity contribution < 1.29 is 14.4 Å².